The topological polar surface area (TPSA) is 57.9 Å². The minimum absolute atomic E-state index is 0.0766. The second kappa shape index (κ2) is 3.56. The van der Waals surface area contributed by atoms with Crippen LogP contribution in [0.3, 0.4) is 0 Å². The smallest absolute Gasteiger partial charge is 0.207 e. The number of halogens is 2. The van der Waals surface area contributed by atoms with Crippen molar-refractivity contribution < 1.29 is 12.8 Å². The van der Waals surface area contributed by atoms with E-state index < -0.39 is 14.9 Å². The maximum atomic E-state index is 13.1. The van der Waals surface area contributed by atoms with Crippen LogP contribution in [0.5, 0.6) is 0 Å². The van der Waals surface area contributed by atoms with Crippen LogP contribution in [0.25, 0.3) is 0 Å². The van der Waals surface area contributed by atoms with E-state index in [1.165, 1.54) is 6.92 Å². The number of rotatable bonds is 1. The molecule has 0 saturated carbocycles. The quantitative estimate of drug-likeness (QED) is 0.697. The molecule has 0 N–H and O–H groups in total. The van der Waals surface area contributed by atoms with Gasteiger partial charge in [-0.1, -0.05) is 0 Å². The minimum Gasteiger partial charge on any atom is -0.207 e. The van der Waals surface area contributed by atoms with Crippen LogP contribution < -0.4 is 0 Å². The van der Waals surface area contributed by atoms with Gasteiger partial charge in [-0.05, 0) is 19.1 Å². The standard InChI is InChI=1S/C8H5ClFNO2S/c1-5-7(10)2-6(4-11)3-8(5)14(9,12)13/h2-3H,1H3. The molecule has 0 aromatic heterocycles. The molecule has 14 heavy (non-hydrogen) atoms. The van der Waals surface area contributed by atoms with Crippen LogP contribution in [-0.4, -0.2) is 8.42 Å². The van der Waals surface area contributed by atoms with E-state index in [1.54, 1.807) is 6.07 Å². The SMILES string of the molecule is Cc1c(F)cc(C#N)cc1S(=O)(=O)Cl. The Hall–Kier alpha value is -1.12. The van der Waals surface area contributed by atoms with Gasteiger partial charge in [0.2, 0.25) is 0 Å². The van der Waals surface area contributed by atoms with Gasteiger partial charge in [-0.3, -0.25) is 0 Å². The number of nitrogens with zero attached hydrogens (tertiary/aromatic N) is 1. The lowest BCUT2D eigenvalue weighted by Gasteiger charge is -2.03. The van der Waals surface area contributed by atoms with Gasteiger partial charge in [-0.15, -0.1) is 0 Å². The fourth-order valence-corrected chi connectivity index (χ4v) is 2.18. The first-order valence-corrected chi connectivity index (χ1v) is 5.82. The molecule has 1 rings (SSSR count). The summed E-state index contributed by atoms with van der Waals surface area (Å²) in [6.45, 7) is 1.28. The Morgan fingerprint density at radius 2 is 2.07 bits per heavy atom. The fourth-order valence-electron chi connectivity index (χ4n) is 0.971. The molecule has 0 aliphatic rings. The molecule has 1 aromatic rings. The Labute approximate surface area is 85.2 Å². The first-order valence-electron chi connectivity index (χ1n) is 3.51. The van der Waals surface area contributed by atoms with Crippen LogP contribution in [0.2, 0.25) is 0 Å². The van der Waals surface area contributed by atoms with E-state index in [4.69, 9.17) is 15.9 Å². The van der Waals surface area contributed by atoms with Crippen LogP contribution in [0, 0.1) is 24.1 Å². The summed E-state index contributed by atoms with van der Waals surface area (Å²) in [5, 5.41) is 8.49. The summed E-state index contributed by atoms with van der Waals surface area (Å²) in [6.07, 6.45) is 0. The highest BCUT2D eigenvalue weighted by Crippen LogP contribution is 2.23. The molecule has 74 valence electrons. The first kappa shape index (κ1) is 11.0. The predicted molar refractivity (Wildman–Crippen MR) is 48.9 cm³/mol. The van der Waals surface area contributed by atoms with Crippen molar-refractivity contribution >= 4 is 19.7 Å². The summed E-state index contributed by atoms with van der Waals surface area (Å²) in [4.78, 5) is -0.365. The Morgan fingerprint density at radius 3 is 2.50 bits per heavy atom. The molecule has 0 unspecified atom stereocenters. The monoisotopic (exact) mass is 233 g/mol. The van der Waals surface area contributed by atoms with Gasteiger partial charge in [0.25, 0.3) is 9.05 Å². The van der Waals surface area contributed by atoms with Crippen molar-refractivity contribution in [1.29, 1.82) is 5.26 Å². The summed E-state index contributed by atoms with van der Waals surface area (Å²) in [6, 6.07) is 3.65. The zero-order chi connectivity index (χ0) is 10.9. The lowest BCUT2D eigenvalue weighted by Crippen LogP contribution is -1.98. The lowest BCUT2D eigenvalue weighted by molar-refractivity contribution is 0.596. The highest BCUT2D eigenvalue weighted by molar-refractivity contribution is 8.13. The number of nitriles is 1. The number of benzene rings is 1. The molecule has 0 atom stereocenters. The molecule has 0 amide bonds. The predicted octanol–water partition coefficient (Wildman–Crippen LogP) is 1.93. The second-order valence-corrected chi connectivity index (χ2v) is 5.17. The van der Waals surface area contributed by atoms with Crippen LogP contribution in [0.4, 0.5) is 4.39 Å². The average Bonchev–Trinajstić information content (AvgIpc) is 2.07. The molecule has 6 heteroatoms. The molecule has 0 fully saturated rings. The van der Waals surface area contributed by atoms with Crippen LogP contribution >= 0.6 is 10.7 Å². The zero-order valence-corrected chi connectivity index (χ0v) is 8.66. The van der Waals surface area contributed by atoms with Crippen molar-refractivity contribution in [3.63, 3.8) is 0 Å². The third-order valence-corrected chi connectivity index (χ3v) is 3.14. The van der Waals surface area contributed by atoms with Gasteiger partial charge in [-0.25, -0.2) is 12.8 Å². The van der Waals surface area contributed by atoms with Crippen molar-refractivity contribution in [3.8, 4) is 6.07 Å². The summed E-state index contributed by atoms with van der Waals surface area (Å²) in [5.74, 6) is -0.761. The van der Waals surface area contributed by atoms with Crippen molar-refractivity contribution in [2.75, 3.05) is 0 Å². The van der Waals surface area contributed by atoms with Gasteiger partial charge in [0.05, 0.1) is 16.5 Å². The fraction of sp³-hybridized carbons (Fsp3) is 0.125. The van der Waals surface area contributed by atoms with Gasteiger partial charge >= 0.3 is 0 Å². The number of hydrogen-bond donors (Lipinski definition) is 0. The van der Waals surface area contributed by atoms with Crippen LogP contribution in [-0.2, 0) is 9.05 Å². The molecule has 0 bridgehead atoms. The highest BCUT2D eigenvalue weighted by atomic mass is 35.7. The van der Waals surface area contributed by atoms with Crippen molar-refractivity contribution in [2.24, 2.45) is 0 Å². The van der Waals surface area contributed by atoms with Crippen molar-refractivity contribution in [3.05, 3.63) is 29.1 Å². The molecular weight excluding hydrogens is 229 g/mol. The van der Waals surface area contributed by atoms with Gasteiger partial charge in [0, 0.05) is 16.2 Å². The first-order chi connectivity index (χ1) is 6.36. The second-order valence-electron chi connectivity index (χ2n) is 2.63. The minimum atomic E-state index is -4.01. The van der Waals surface area contributed by atoms with Gasteiger partial charge < -0.3 is 0 Å². The molecule has 0 aliphatic heterocycles. The van der Waals surface area contributed by atoms with E-state index in [9.17, 15) is 12.8 Å². The maximum absolute atomic E-state index is 13.1. The highest BCUT2D eigenvalue weighted by Gasteiger charge is 2.17. The molecule has 0 heterocycles. The lowest BCUT2D eigenvalue weighted by atomic mass is 10.1. The van der Waals surface area contributed by atoms with E-state index in [2.05, 4.69) is 0 Å². The van der Waals surface area contributed by atoms with Gasteiger partial charge in [0.15, 0.2) is 0 Å². The van der Waals surface area contributed by atoms with E-state index in [-0.39, 0.29) is 16.0 Å². The Morgan fingerprint density at radius 1 is 1.50 bits per heavy atom. The summed E-state index contributed by atoms with van der Waals surface area (Å²) in [7, 11) is 1.05. The summed E-state index contributed by atoms with van der Waals surface area (Å²) >= 11 is 0. The molecule has 0 saturated heterocycles. The normalized spacial score (nSPS) is 11.0. The van der Waals surface area contributed by atoms with Crippen LogP contribution in [0.15, 0.2) is 17.0 Å². The zero-order valence-electron chi connectivity index (χ0n) is 7.08. The molecule has 0 aliphatic carbocycles. The van der Waals surface area contributed by atoms with Crippen molar-refractivity contribution in [2.45, 2.75) is 11.8 Å². The summed E-state index contributed by atoms with van der Waals surface area (Å²) < 4.78 is 35.0. The van der Waals surface area contributed by atoms with E-state index in [1.807, 2.05) is 0 Å². The Kier molecular flexibility index (Phi) is 2.79. The Balaban J connectivity index is 3.61. The van der Waals surface area contributed by atoms with E-state index in [0.717, 1.165) is 12.1 Å². The number of hydrogen-bond acceptors (Lipinski definition) is 3. The third kappa shape index (κ3) is 2.03. The summed E-state index contributed by atoms with van der Waals surface area (Å²) in [5.41, 5.74) is -0.161. The van der Waals surface area contributed by atoms with Gasteiger partial charge in [-0.2, -0.15) is 5.26 Å². The Bertz CT molecular complexity index is 519. The molecule has 0 radical (unpaired) electrons. The van der Waals surface area contributed by atoms with Crippen molar-refractivity contribution in [1.82, 2.24) is 0 Å². The molecular formula is C8H5ClFNO2S. The van der Waals surface area contributed by atoms with E-state index in [0.29, 0.717) is 0 Å². The third-order valence-electron chi connectivity index (χ3n) is 1.69. The molecule has 0 spiro atoms. The van der Waals surface area contributed by atoms with E-state index >= 15 is 0 Å². The van der Waals surface area contributed by atoms with Gasteiger partial charge in [0.1, 0.15) is 5.82 Å². The largest absolute Gasteiger partial charge is 0.261 e. The molecule has 3 nitrogen and oxygen atoms in total. The maximum Gasteiger partial charge on any atom is 0.261 e. The van der Waals surface area contributed by atoms with Crippen LogP contribution in [0.1, 0.15) is 11.1 Å². The average molecular weight is 234 g/mol. The molecule has 1 aromatic carbocycles.